The van der Waals surface area contributed by atoms with Crippen molar-refractivity contribution in [2.75, 3.05) is 12.9 Å². The molecule has 0 aromatic heterocycles. The SMILES string of the molecule is COC(=O)CSCc1cc(F)ccc1C#N. The summed E-state index contributed by atoms with van der Waals surface area (Å²) in [5.41, 5.74) is 1.02. The molecule has 0 aliphatic heterocycles. The van der Waals surface area contributed by atoms with Crippen LogP contribution < -0.4 is 0 Å². The fraction of sp³-hybridized carbons (Fsp3) is 0.273. The van der Waals surface area contributed by atoms with Crippen molar-refractivity contribution in [3.63, 3.8) is 0 Å². The number of nitrogens with zero attached hydrogens (tertiary/aromatic N) is 1. The molecule has 0 atom stereocenters. The third-order valence-corrected chi connectivity index (χ3v) is 2.85. The van der Waals surface area contributed by atoms with Crippen LogP contribution >= 0.6 is 11.8 Å². The molecule has 0 bridgehead atoms. The first-order valence-electron chi connectivity index (χ1n) is 4.50. The van der Waals surface area contributed by atoms with E-state index in [0.717, 1.165) is 0 Å². The van der Waals surface area contributed by atoms with Crippen molar-refractivity contribution in [3.8, 4) is 6.07 Å². The van der Waals surface area contributed by atoms with Crippen LogP contribution in [0.3, 0.4) is 0 Å². The Bertz CT molecular complexity index is 428. The van der Waals surface area contributed by atoms with Gasteiger partial charge in [0.15, 0.2) is 0 Å². The minimum absolute atomic E-state index is 0.192. The number of hydrogen-bond donors (Lipinski definition) is 0. The number of nitriles is 1. The van der Waals surface area contributed by atoms with Crippen LogP contribution in [-0.4, -0.2) is 18.8 Å². The van der Waals surface area contributed by atoms with Crippen molar-refractivity contribution in [3.05, 3.63) is 35.1 Å². The summed E-state index contributed by atoms with van der Waals surface area (Å²) in [6.45, 7) is 0. The lowest BCUT2D eigenvalue weighted by Gasteiger charge is -2.03. The molecule has 1 aromatic carbocycles. The fourth-order valence-corrected chi connectivity index (χ4v) is 1.94. The largest absolute Gasteiger partial charge is 0.468 e. The van der Waals surface area contributed by atoms with Crippen LogP contribution in [0.5, 0.6) is 0 Å². The van der Waals surface area contributed by atoms with E-state index in [-0.39, 0.29) is 17.5 Å². The Labute approximate surface area is 97.2 Å². The first-order valence-corrected chi connectivity index (χ1v) is 5.66. The average molecular weight is 239 g/mol. The van der Waals surface area contributed by atoms with Crippen LogP contribution in [0.25, 0.3) is 0 Å². The Morgan fingerprint density at radius 1 is 1.62 bits per heavy atom. The zero-order valence-electron chi connectivity index (χ0n) is 8.70. The van der Waals surface area contributed by atoms with E-state index in [4.69, 9.17) is 5.26 Å². The second-order valence-corrected chi connectivity index (χ2v) is 3.97. The minimum atomic E-state index is -0.382. The molecule has 16 heavy (non-hydrogen) atoms. The third kappa shape index (κ3) is 3.55. The van der Waals surface area contributed by atoms with E-state index < -0.39 is 0 Å². The van der Waals surface area contributed by atoms with Gasteiger partial charge in [-0.3, -0.25) is 4.79 Å². The maximum atomic E-state index is 12.9. The summed E-state index contributed by atoms with van der Waals surface area (Å²) in [5, 5.41) is 8.79. The van der Waals surface area contributed by atoms with E-state index in [1.54, 1.807) is 0 Å². The number of rotatable bonds is 4. The van der Waals surface area contributed by atoms with Gasteiger partial charge in [-0.2, -0.15) is 5.26 Å². The van der Waals surface area contributed by atoms with Gasteiger partial charge in [0.2, 0.25) is 0 Å². The van der Waals surface area contributed by atoms with Crippen molar-refractivity contribution in [1.82, 2.24) is 0 Å². The molecule has 0 heterocycles. The van der Waals surface area contributed by atoms with E-state index in [1.807, 2.05) is 6.07 Å². The highest BCUT2D eigenvalue weighted by Crippen LogP contribution is 2.17. The number of benzene rings is 1. The lowest BCUT2D eigenvalue weighted by atomic mass is 10.1. The second kappa shape index (κ2) is 6.13. The van der Waals surface area contributed by atoms with Gasteiger partial charge >= 0.3 is 5.97 Å². The van der Waals surface area contributed by atoms with Crippen molar-refractivity contribution in [1.29, 1.82) is 5.26 Å². The number of carbonyl (C=O) groups excluding carboxylic acids is 1. The topological polar surface area (TPSA) is 50.1 Å². The second-order valence-electron chi connectivity index (χ2n) is 2.98. The summed E-state index contributed by atoms with van der Waals surface area (Å²) in [7, 11) is 1.31. The maximum Gasteiger partial charge on any atom is 0.315 e. The van der Waals surface area contributed by atoms with Crippen molar-refractivity contribution in [2.45, 2.75) is 5.75 Å². The molecular weight excluding hydrogens is 229 g/mol. The van der Waals surface area contributed by atoms with Crippen LogP contribution in [0.2, 0.25) is 0 Å². The summed E-state index contributed by atoms with van der Waals surface area (Å²) in [5.74, 6) is -0.110. The maximum absolute atomic E-state index is 12.9. The summed E-state index contributed by atoms with van der Waals surface area (Å²) >= 11 is 1.28. The monoisotopic (exact) mass is 239 g/mol. The Hall–Kier alpha value is -1.54. The summed E-state index contributed by atoms with van der Waals surface area (Å²) in [4.78, 5) is 10.8. The highest BCUT2D eigenvalue weighted by Gasteiger charge is 2.06. The normalized spacial score (nSPS) is 9.56. The molecule has 1 aromatic rings. The van der Waals surface area contributed by atoms with Crippen molar-refractivity contribution >= 4 is 17.7 Å². The molecule has 0 spiro atoms. The average Bonchev–Trinajstić information content (AvgIpc) is 2.29. The zero-order valence-corrected chi connectivity index (χ0v) is 9.51. The van der Waals surface area contributed by atoms with Gasteiger partial charge in [0, 0.05) is 5.75 Å². The molecule has 0 saturated carbocycles. The van der Waals surface area contributed by atoms with Gasteiger partial charge < -0.3 is 4.74 Å². The third-order valence-electron chi connectivity index (χ3n) is 1.89. The van der Waals surface area contributed by atoms with Crippen molar-refractivity contribution < 1.29 is 13.9 Å². The predicted octanol–water partition coefficient (Wildman–Crippen LogP) is 2.10. The minimum Gasteiger partial charge on any atom is -0.468 e. The van der Waals surface area contributed by atoms with Gasteiger partial charge in [-0.05, 0) is 23.8 Å². The molecule has 0 aliphatic rings. The van der Waals surface area contributed by atoms with Crippen LogP contribution in [0, 0.1) is 17.1 Å². The van der Waals surface area contributed by atoms with Gasteiger partial charge in [0.25, 0.3) is 0 Å². The molecule has 0 fully saturated rings. The number of hydrogen-bond acceptors (Lipinski definition) is 4. The summed E-state index contributed by atoms with van der Waals surface area (Å²) in [6, 6.07) is 5.96. The number of carbonyl (C=O) groups is 1. The first-order chi connectivity index (χ1) is 7.67. The molecule has 0 radical (unpaired) electrons. The van der Waals surface area contributed by atoms with Gasteiger partial charge in [0.1, 0.15) is 5.82 Å². The van der Waals surface area contributed by atoms with Gasteiger partial charge in [-0.1, -0.05) is 0 Å². The molecule has 0 aliphatic carbocycles. The fourth-order valence-electron chi connectivity index (χ4n) is 1.09. The molecule has 0 unspecified atom stereocenters. The lowest BCUT2D eigenvalue weighted by Crippen LogP contribution is -2.03. The van der Waals surface area contributed by atoms with E-state index in [9.17, 15) is 9.18 Å². The van der Waals surface area contributed by atoms with Crippen LogP contribution in [0.4, 0.5) is 4.39 Å². The summed E-state index contributed by atoms with van der Waals surface area (Å²) in [6.07, 6.45) is 0. The Balaban J connectivity index is 2.63. The Kier molecular flexibility index (Phi) is 4.80. The van der Waals surface area contributed by atoms with E-state index in [0.29, 0.717) is 16.9 Å². The van der Waals surface area contributed by atoms with E-state index in [2.05, 4.69) is 4.74 Å². The number of halogens is 1. The molecule has 5 heteroatoms. The predicted molar refractivity (Wildman–Crippen MR) is 59.3 cm³/mol. The van der Waals surface area contributed by atoms with Crippen LogP contribution in [-0.2, 0) is 15.3 Å². The van der Waals surface area contributed by atoms with Crippen molar-refractivity contribution in [2.24, 2.45) is 0 Å². The molecule has 0 amide bonds. The number of esters is 1. The Morgan fingerprint density at radius 3 is 3.00 bits per heavy atom. The lowest BCUT2D eigenvalue weighted by molar-refractivity contribution is -0.137. The number of thioether (sulfide) groups is 1. The van der Waals surface area contributed by atoms with Crippen LogP contribution in [0.15, 0.2) is 18.2 Å². The molecule has 3 nitrogen and oxygen atoms in total. The zero-order chi connectivity index (χ0) is 12.0. The summed E-state index contributed by atoms with van der Waals surface area (Å²) < 4.78 is 17.4. The highest BCUT2D eigenvalue weighted by molar-refractivity contribution is 7.99. The smallest absolute Gasteiger partial charge is 0.315 e. The number of ether oxygens (including phenoxy) is 1. The molecule has 0 saturated heterocycles. The van der Waals surface area contributed by atoms with Gasteiger partial charge in [-0.15, -0.1) is 11.8 Å². The molecule has 1 rings (SSSR count). The van der Waals surface area contributed by atoms with Gasteiger partial charge in [0.05, 0.1) is 24.5 Å². The molecule has 84 valence electrons. The molecule has 0 N–H and O–H groups in total. The van der Waals surface area contributed by atoms with Gasteiger partial charge in [-0.25, -0.2) is 4.39 Å². The standard InChI is InChI=1S/C11H10FNO2S/c1-15-11(14)7-16-6-9-4-10(12)3-2-8(9)5-13/h2-4H,6-7H2,1H3. The highest BCUT2D eigenvalue weighted by atomic mass is 32.2. The molecular formula is C11H10FNO2S. The quantitative estimate of drug-likeness (QED) is 0.755. The Morgan fingerprint density at radius 2 is 2.38 bits per heavy atom. The van der Waals surface area contributed by atoms with E-state index >= 15 is 0 Å². The van der Waals surface area contributed by atoms with E-state index in [1.165, 1.54) is 37.1 Å². The first kappa shape index (κ1) is 12.5. The number of methoxy groups -OCH3 is 1. The van der Waals surface area contributed by atoms with Crippen LogP contribution in [0.1, 0.15) is 11.1 Å².